The van der Waals surface area contributed by atoms with Gasteiger partial charge >= 0.3 is 0 Å². The first kappa shape index (κ1) is 20.7. The summed E-state index contributed by atoms with van der Waals surface area (Å²) in [6.07, 6.45) is 2.20. The summed E-state index contributed by atoms with van der Waals surface area (Å²) in [5, 5.41) is 3.61. The van der Waals surface area contributed by atoms with Gasteiger partial charge in [0.2, 0.25) is 0 Å². The highest BCUT2D eigenvalue weighted by Crippen LogP contribution is 2.13. The number of rotatable bonds is 9. The molecule has 146 valence electrons. The maximum atomic E-state index is 5.50. The number of ether oxygens (including phenoxy) is 1. The van der Waals surface area contributed by atoms with E-state index in [-0.39, 0.29) is 0 Å². The SMILES string of the molecule is CCN(CC)C(CNC(=NC)N(C)CC1CCOC1)Cc1ccccc1. The van der Waals surface area contributed by atoms with E-state index in [1.54, 1.807) is 0 Å². The monoisotopic (exact) mass is 360 g/mol. The lowest BCUT2D eigenvalue weighted by molar-refractivity contribution is 0.180. The fourth-order valence-corrected chi connectivity index (χ4v) is 3.75. The van der Waals surface area contributed by atoms with E-state index in [2.05, 4.69) is 71.3 Å². The van der Waals surface area contributed by atoms with Gasteiger partial charge in [-0.05, 0) is 31.5 Å². The first-order valence-electron chi connectivity index (χ1n) is 9.95. The van der Waals surface area contributed by atoms with Crippen LogP contribution in [0, 0.1) is 5.92 Å². The molecule has 0 aliphatic carbocycles. The second-order valence-electron chi connectivity index (χ2n) is 7.10. The van der Waals surface area contributed by atoms with Crippen molar-refractivity contribution in [2.75, 3.05) is 53.5 Å². The van der Waals surface area contributed by atoms with Crippen molar-refractivity contribution in [3.05, 3.63) is 35.9 Å². The molecule has 2 atom stereocenters. The van der Waals surface area contributed by atoms with Gasteiger partial charge in [-0.25, -0.2) is 0 Å². The Morgan fingerprint density at radius 3 is 2.58 bits per heavy atom. The van der Waals surface area contributed by atoms with Crippen LogP contribution >= 0.6 is 0 Å². The molecule has 1 aliphatic heterocycles. The first-order valence-corrected chi connectivity index (χ1v) is 9.95. The molecule has 0 saturated carbocycles. The van der Waals surface area contributed by atoms with Gasteiger partial charge in [0, 0.05) is 45.8 Å². The van der Waals surface area contributed by atoms with Crippen molar-refractivity contribution in [1.29, 1.82) is 0 Å². The lowest BCUT2D eigenvalue weighted by Gasteiger charge is -2.32. The molecule has 1 fully saturated rings. The Hall–Kier alpha value is -1.59. The fraction of sp³-hybridized carbons (Fsp3) is 0.667. The van der Waals surface area contributed by atoms with Gasteiger partial charge in [-0.15, -0.1) is 0 Å². The Kier molecular flexibility index (Phi) is 8.92. The van der Waals surface area contributed by atoms with Crippen LogP contribution in [0.25, 0.3) is 0 Å². The van der Waals surface area contributed by atoms with Gasteiger partial charge in [-0.2, -0.15) is 0 Å². The molecule has 26 heavy (non-hydrogen) atoms. The number of nitrogens with one attached hydrogen (secondary N) is 1. The Morgan fingerprint density at radius 1 is 1.27 bits per heavy atom. The Balaban J connectivity index is 1.94. The highest BCUT2D eigenvalue weighted by atomic mass is 16.5. The summed E-state index contributed by atoms with van der Waals surface area (Å²) in [5.74, 6) is 1.59. The predicted octanol–water partition coefficient (Wildman–Crippen LogP) is 2.48. The second kappa shape index (κ2) is 11.2. The van der Waals surface area contributed by atoms with Gasteiger partial charge in [0.25, 0.3) is 0 Å². The molecule has 5 heteroatoms. The normalized spacial score (nSPS) is 19.0. The molecule has 1 saturated heterocycles. The number of hydrogen-bond donors (Lipinski definition) is 1. The molecule has 1 N–H and O–H groups in total. The van der Waals surface area contributed by atoms with Crippen LogP contribution < -0.4 is 5.32 Å². The summed E-state index contributed by atoms with van der Waals surface area (Å²) < 4.78 is 5.50. The van der Waals surface area contributed by atoms with E-state index in [9.17, 15) is 0 Å². The number of benzene rings is 1. The van der Waals surface area contributed by atoms with E-state index < -0.39 is 0 Å². The van der Waals surface area contributed by atoms with Crippen LogP contribution in [-0.2, 0) is 11.2 Å². The van der Waals surface area contributed by atoms with Crippen molar-refractivity contribution >= 4 is 5.96 Å². The van der Waals surface area contributed by atoms with E-state index in [1.165, 1.54) is 5.56 Å². The van der Waals surface area contributed by atoms with Gasteiger partial charge in [0.05, 0.1) is 6.61 Å². The Labute approximate surface area is 159 Å². The lowest BCUT2D eigenvalue weighted by Crippen LogP contribution is -2.49. The van der Waals surface area contributed by atoms with E-state index >= 15 is 0 Å². The molecule has 1 aromatic rings. The number of aliphatic imine (C=N–C) groups is 1. The van der Waals surface area contributed by atoms with Gasteiger partial charge < -0.3 is 15.0 Å². The number of nitrogens with zero attached hydrogens (tertiary/aromatic N) is 3. The van der Waals surface area contributed by atoms with Gasteiger partial charge in [-0.3, -0.25) is 9.89 Å². The van der Waals surface area contributed by atoms with E-state index in [1.807, 2.05) is 7.05 Å². The van der Waals surface area contributed by atoms with E-state index in [0.717, 1.165) is 58.2 Å². The third kappa shape index (κ3) is 6.29. The molecule has 0 radical (unpaired) electrons. The highest BCUT2D eigenvalue weighted by molar-refractivity contribution is 5.79. The molecule has 1 aromatic carbocycles. The third-order valence-electron chi connectivity index (χ3n) is 5.27. The molecular weight excluding hydrogens is 324 g/mol. The summed E-state index contributed by atoms with van der Waals surface area (Å²) in [4.78, 5) is 9.26. The predicted molar refractivity (Wildman–Crippen MR) is 110 cm³/mol. The van der Waals surface area contributed by atoms with Crippen LogP contribution in [-0.4, -0.2) is 75.3 Å². The Morgan fingerprint density at radius 2 is 2.00 bits per heavy atom. The number of guanidine groups is 1. The van der Waals surface area contributed by atoms with Crippen LogP contribution in [0.1, 0.15) is 25.8 Å². The highest BCUT2D eigenvalue weighted by Gasteiger charge is 2.21. The standard InChI is InChI=1S/C21H36N4O/c1-5-25(6-2)20(14-18-10-8-7-9-11-18)15-23-21(22-3)24(4)16-19-12-13-26-17-19/h7-11,19-20H,5-6,12-17H2,1-4H3,(H,22,23). The smallest absolute Gasteiger partial charge is 0.193 e. The molecule has 1 aliphatic rings. The van der Waals surface area contributed by atoms with Gasteiger partial charge in [-0.1, -0.05) is 44.2 Å². The molecule has 0 amide bonds. The maximum Gasteiger partial charge on any atom is 0.193 e. The summed E-state index contributed by atoms with van der Waals surface area (Å²) in [6.45, 7) is 10.3. The van der Waals surface area contributed by atoms with Crippen molar-refractivity contribution in [3.63, 3.8) is 0 Å². The lowest BCUT2D eigenvalue weighted by atomic mass is 10.0. The van der Waals surface area contributed by atoms with E-state index in [0.29, 0.717) is 12.0 Å². The summed E-state index contributed by atoms with van der Waals surface area (Å²) in [7, 11) is 3.99. The zero-order valence-corrected chi connectivity index (χ0v) is 16.9. The van der Waals surface area contributed by atoms with Crippen molar-refractivity contribution in [3.8, 4) is 0 Å². The van der Waals surface area contributed by atoms with Crippen molar-refractivity contribution in [2.45, 2.75) is 32.7 Å². The van der Waals surface area contributed by atoms with Crippen LogP contribution in [0.4, 0.5) is 0 Å². The third-order valence-corrected chi connectivity index (χ3v) is 5.27. The van der Waals surface area contributed by atoms with Crippen LogP contribution in [0.3, 0.4) is 0 Å². The molecule has 2 rings (SSSR count). The maximum absolute atomic E-state index is 5.50. The molecule has 5 nitrogen and oxygen atoms in total. The largest absolute Gasteiger partial charge is 0.381 e. The minimum atomic E-state index is 0.451. The quantitative estimate of drug-likeness (QED) is 0.543. The Bertz CT molecular complexity index is 524. The zero-order chi connectivity index (χ0) is 18.8. The zero-order valence-electron chi connectivity index (χ0n) is 16.9. The average molecular weight is 361 g/mol. The van der Waals surface area contributed by atoms with Gasteiger partial charge in [0.15, 0.2) is 5.96 Å². The van der Waals surface area contributed by atoms with Crippen molar-refractivity contribution in [2.24, 2.45) is 10.9 Å². The van der Waals surface area contributed by atoms with E-state index in [4.69, 9.17) is 4.74 Å². The molecule has 0 aromatic heterocycles. The molecule has 2 unspecified atom stereocenters. The average Bonchev–Trinajstić information content (AvgIpc) is 3.16. The molecular formula is C21H36N4O. The summed E-state index contributed by atoms with van der Waals surface area (Å²) in [6, 6.07) is 11.2. The minimum absolute atomic E-state index is 0.451. The first-order chi connectivity index (χ1) is 12.7. The molecule has 0 spiro atoms. The van der Waals surface area contributed by atoms with Crippen LogP contribution in [0.2, 0.25) is 0 Å². The fourth-order valence-electron chi connectivity index (χ4n) is 3.75. The molecule has 1 heterocycles. The van der Waals surface area contributed by atoms with Crippen molar-refractivity contribution < 1.29 is 4.74 Å². The van der Waals surface area contributed by atoms with Crippen LogP contribution in [0.5, 0.6) is 0 Å². The van der Waals surface area contributed by atoms with Gasteiger partial charge in [0.1, 0.15) is 0 Å². The topological polar surface area (TPSA) is 40.1 Å². The minimum Gasteiger partial charge on any atom is -0.381 e. The van der Waals surface area contributed by atoms with Crippen LogP contribution in [0.15, 0.2) is 35.3 Å². The molecule has 0 bridgehead atoms. The number of likely N-dealkylation sites (N-methyl/N-ethyl adjacent to an activating group) is 1. The number of hydrogen-bond acceptors (Lipinski definition) is 3. The summed E-state index contributed by atoms with van der Waals surface area (Å²) in [5.41, 5.74) is 1.39. The summed E-state index contributed by atoms with van der Waals surface area (Å²) >= 11 is 0. The second-order valence-corrected chi connectivity index (χ2v) is 7.10. The van der Waals surface area contributed by atoms with Crippen molar-refractivity contribution in [1.82, 2.24) is 15.1 Å².